The van der Waals surface area contributed by atoms with Crippen LogP contribution in [-0.4, -0.2) is 9.55 Å². The second-order valence-corrected chi connectivity index (χ2v) is 9.64. The van der Waals surface area contributed by atoms with Gasteiger partial charge in [0.25, 0.3) is 0 Å². The number of rotatable bonds is 2. The Bertz CT molecular complexity index is 2100. The minimum Gasteiger partial charge on any atom is -0.309 e. The molecule has 0 spiro atoms. The topological polar surface area (TPSA) is 17.8 Å². The molecule has 2 heteroatoms. The lowest BCUT2D eigenvalue weighted by molar-refractivity contribution is 1.16. The van der Waals surface area contributed by atoms with Crippen molar-refractivity contribution < 1.29 is 0 Å². The summed E-state index contributed by atoms with van der Waals surface area (Å²) < 4.78 is 2.33. The quantitative estimate of drug-likeness (QED) is 0.230. The highest BCUT2D eigenvalue weighted by Crippen LogP contribution is 2.39. The number of hydrogen-bond donors (Lipinski definition) is 0. The first-order valence-electron chi connectivity index (χ1n) is 12.6. The van der Waals surface area contributed by atoms with Gasteiger partial charge in [-0.25, -0.2) is 0 Å². The lowest BCUT2D eigenvalue weighted by Crippen LogP contribution is -1.93. The molecule has 172 valence electrons. The lowest BCUT2D eigenvalue weighted by atomic mass is 9.92. The van der Waals surface area contributed by atoms with Crippen LogP contribution in [0.15, 0.2) is 134 Å². The highest BCUT2D eigenvalue weighted by molar-refractivity contribution is 6.25. The third-order valence-corrected chi connectivity index (χ3v) is 7.67. The molecule has 0 fully saturated rings. The monoisotopic (exact) mass is 470 g/mol. The Morgan fingerprint density at radius 3 is 1.54 bits per heavy atom. The predicted octanol–water partition coefficient (Wildman–Crippen LogP) is 9.31. The molecule has 0 aliphatic heterocycles. The van der Waals surface area contributed by atoms with E-state index in [2.05, 4.69) is 131 Å². The normalized spacial score (nSPS) is 11.8. The number of hydrogen-bond acceptors (Lipinski definition) is 1. The third kappa shape index (κ3) is 2.96. The Labute approximate surface area is 214 Å². The Kier molecular flexibility index (Phi) is 4.26. The van der Waals surface area contributed by atoms with E-state index in [1.807, 2.05) is 12.4 Å². The SMILES string of the molecule is c1ccc2c(c1)c1ccccc1c1cc(-c3ccc4c(c3)c3ccccc3n4-c3ccncc3)ccc21. The van der Waals surface area contributed by atoms with E-state index in [1.165, 1.54) is 65.3 Å². The Morgan fingerprint density at radius 1 is 0.378 bits per heavy atom. The minimum atomic E-state index is 1.12. The molecule has 0 N–H and O–H groups in total. The van der Waals surface area contributed by atoms with E-state index in [9.17, 15) is 0 Å². The van der Waals surface area contributed by atoms with Crippen LogP contribution in [0.2, 0.25) is 0 Å². The van der Waals surface area contributed by atoms with E-state index in [1.54, 1.807) is 0 Å². The standard InChI is InChI=1S/C35H22N2/c1-2-9-28-26(7-1)27-8-3-4-10-29(27)32-21-23(13-15-30(28)32)24-14-16-35-33(22-24)31-11-5-6-12-34(31)37(35)25-17-19-36-20-18-25/h1-22H. The molecule has 0 saturated heterocycles. The van der Waals surface area contributed by atoms with Gasteiger partial charge in [-0.3, -0.25) is 4.98 Å². The Morgan fingerprint density at radius 2 is 0.865 bits per heavy atom. The molecule has 2 nitrogen and oxygen atoms in total. The van der Waals surface area contributed by atoms with Crippen LogP contribution >= 0.6 is 0 Å². The Balaban J connectivity index is 1.40. The highest BCUT2D eigenvalue weighted by Gasteiger charge is 2.14. The number of nitrogens with zero attached hydrogens (tertiary/aromatic N) is 2. The van der Waals surface area contributed by atoms with Gasteiger partial charge in [0, 0.05) is 28.9 Å². The van der Waals surface area contributed by atoms with E-state index in [-0.39, 0.29) is 0 Å². The summed E-state index contributed by atoms with van der Waals surface area (Å²) >= 11 is 0. The number of benzene rings is 6. The van der Waals surface area contributed by atoms with Crippen molar-refractivity contribution in [3.05, 3.63) is 134 Å². The van der Waals surface area contributed by atoms with Crippen LogP contribution in [0, 0.1) is 0 Å². The summed E-state index contributed by atoms with van der Waals surface area (Å²) in [5.41, 5.74) is 5.99. The van der Waals surface area contributed by atoms with E-state index < -0.39 is 0 Å². The van der Waals surface area contributed by atoms with Crippen LogP contribution in [0.5, 0.6) is 0 Å². The van der Waals surface area contributed by atoms with Gasteiger partial charge in [-0.05, 0) is 79.8 Å². The first kappa shape index (κ1) is 20.3. The van der Waals surface area contributed by atoms with Gasteiger partial charge in [0.2, 0.25) is 0 Å². The van der Waals surface area contributed by atoms with Crippen molar-refractivity contribution >= 4 is 54.1 Å². The van der Waals surface area contributed by atoms with Crippen LogP contribution in [0.3, 0.4) is 0 Å². The van der Waals surface area contributed by atoms with Gasteiger partial charge >= 0.3 is 0 Å². The fourth-order valence-electron chi connectivity index (χ4n) is 6.01. The van der Waals surface area contributed by atoms with Crippen LogP contribution in [0.1, 0.15) is 0 Å². The third-order valence-electron chi connectivity index (χ3n) is 7.67. The fraction of sp³-hybridized carbons (Fsp3) is 0. The van der Waals surface area contributed by atoms with Crippen molar-refractivity contribution in [1.82, 2.24) is 9.55 Å². The summed E-state index contributed by atoms with van der Waals surface area (Å²) in [4.78, 5) is 4.22. The molecule has 0 bridgehead atoms. The summed E-state index contributed by atoms with van der Waals surface area (Å²) in [6.45, 7) is 0. The largest absolute Gasteiger partial charge is 0.309 e. The average Bonchev–Trinajstić information content (AvgIpc) is 3.31. The van der Waals surface area contributed by atoms with Crippen LogP contribution in [-0.2, 0) is 0 Å². The van der Waals surface area contributed by atoms with Gasteiger partial charge in [0.15, 0.2) is 0 Å². The van der Waals surface area contributed by atoms with Gasteiger partial charge in [-0.15, -0.1) is 0 Å². The average molecular weight is 471 g/mol. The van der Waals surface area contributed by atoms with Gasteiger partial charge < -0.3 is 4.57 Å². The van der Waals surface area contributed by atoms with Gasteiger partial charge in [-0.2, -0.15) is 0 Å². The molecular weight excluding hydrogens is 448 g/mol. The molecule has 0 radical (unpaired) electrons. The number of fused-ring (bicyclic) bond motifs is 9. The van der Waals surface area contributed by atoms with Gasteiger partial charge in [0.05, 0.1) is 11.0 Å². The van der Waals surface area contributed by atoms with Gasteiger partial charge in [0.1, 0.15) is 0 Å². The second-order valence-electron chi connectivity index (χ2n) is 9.64. The molecule has 0 saturated carbocycles. The maximum absolute atomic E-state index is 4.22. The van der Waals surface area contributed by atoms with Gasteiger partial charge in [-0.1, -0.05) is 84.9 Å². The van der Waals surface area contributed by atoms with Crippen molar-refractivity contribution in [2.45, 2.75) is 0 Å². The van der Waals surface area contributed by atoms with Crippen molar-refractivity contribution in [2.24, 2.45) is 0 Å². The van der Waals surface area contributed by atoms with Crippen LogP contribution in [0.25, 0.3) is 70.9 Å². The zero-order valence-electron chi connectivity index (χ0n) is 20.1. The molecule has 0 atom stereocenters. The minimum absolute atomic E-state index is 1.12. The summed E-state index contributed by atoms with van der Waals surface area (Å²) in [5, 5.41) is 10.3. The van der Waals surface area contributed by atoms with E-state index in [4.69, 9.17) is 0 Å². The summed E-state index contributed by atoms with van der Waals surface area (Å²) in [6, 6.07) is 44.1. The molecular formula is C35H22N2. The summed E-state index contributed by atoms with van der Waals surface area (Å²) in [6.07, 6.45) is 3.71. The molecule has 0 aliphatic carbocycles. The summed E-state index contributed by atoms with van der Waals surface area (Å²) in [7, 11) is 0. The first-order chi connectivity index (χ1) is 18.4. The lowest BCUT2D eigenvalue weighted by Gasteiger charge is -2.12. The zero-order valence-corrected chi connectivity index (χ0v) is 20.1. The number of para-hydroxylation sites is 1. The van der Waals surface area contributed by atoms with Crippen molar-refractivity contribution in [3.63, 3.8) is 0 Å². The second kappa shape index (κ2) is 7.78. The first-order valence-corrected chi connectivity index (χ1v) is 12.6. The molecule has 2 aromatic heterocycles. The smallest absolute Gasteiger partial charge is 0.0541 e. The number of aromatic nitrogens is 2. The Hall–Kier alpha value is -4.95. The molecule has 0 aliphatic rings. The molecule has 6 aromatic carbocycles. The van der Waals surface area contributed by atoms with Crippen molar-refractivity contribution in [3.8, 4) is 16.8 Å². The van der Waals surface area contributed by atoms with E-state index in [0.717, 1.165) is 5.69 Å². The predicted molar refractivity (Wildman–Crippen MR) is 157 cm³/mol. The maximum Gasteiger partial charge on any atom is 0.0541 e. The van der Waals surface area contributed by atoms with E-state index >= 15 is 0 Å². The zero-order chi connectivity index (χ0) is 24.3. The number of pyridine rings is 1. The molecule has 2 heterocycles. The highest BCUT2D eigenvalue weighted by atomic mass is 15.0. The van der Waals surface area contributed by atoms with E-state index in [0.29, 0.717) is 0 Å². The maximum atomic E-state index is 4.22. The molecule has 8 rings (SSSR count). The van der Waals surface area contributed by atoms with Crippen LogP contribution in [0.4, 0.5) is 0 Å². The summed E-state index contributed by atoms with van der Waals surface area (Å²) in [5.74, 6) is 0. The molecule has 0 unspecified atom stereocenters. The van der Waals surface area contributed by atoms with Crippen molar-refractivity contribution in [1.29, 1.82) is 0 Å². The molecule has 37 heavy (non-hydrogen) atoms. The van der Waals surface area contributed by atoms with Crippen LogP contribution < -0.4 is 0 Å². The van der Waals surface area contributed by atoms with Crippen molar-refractivity contribution in [2.75, 3.05) is 0 Å². The fourth-order valence-corrected chi connectivity index (χ4v) is 6.01. The molecule has 0 amide bonds. The molecule has 8 aromatic rings.